The maximum atomic E-state index is 12.3. The Morgan fingerprint density at radius 3 is 2.91 bits per heavy atom. The number of fused-ring (bicyclic) bond motifs is 1. The summed E-state index contributed by atoms with van der Waals surface area (Å²) in [6.07, 6.45) is 4.60. The first kappa shape index (κ1) is 15.0. The molecule has 0 aliphatic heterocycles. The van der Waals surface area contributed by atoms with Crippen molar-refractivity contribution >= 4 is 23.3 Å². The van der Waals surface area contributed by atoms with Crippen LogP contribution in [0.5, 0.6) is 0 Å². The fourth-order valence-corrected chi connectivity index (χ4v) is 2.71. The number of carboxylic acid groups (broad SMARTS) is 1. The maximum Gasteiger partial charge on any atom is 0.325 e. The molecule has 8 heteroatoms. The van der Waals surface area contributed by atoms with E-state index in [1.54, 1.807) is 6.92 Å². The van der Waals surface area contributed by atoms with E-state index in [4.69, 9.17) is 9.52 Å². The van der Waals surface area contributed by atoms with E-state index in [0.717, 1.165) is 6.42 Å². The lowest BCUT2D eigenvalue weighted by Crippen LogP contribution is -2.13. The van der Waals surface area contributed by atoms with Gasteiger partial charge in [0.05, 0.1) is 17.4 Å². The van der Waals surface area contributed by atoms with E-state index in [1.807, 2.05) is 0 Å². The van der Waals surface area contributed by atoms with Crippen LogP contribution >= 0.6 is 0 Å². The summed E-state index contributed by atoms with van der Waals surface area (Å²) in [6, 6.07) is 0. The van der Waals surface area contributed by atoms with Crippen LogP contribution in [0.1, 0.15) is 45.1 Å². The number of Topliss-reactive ketones (excluding diaryl/α,β-unsaturated/α-hetero) is 1. The Hall–Kier alpha value is -2.90. The van der Waals surface area contributed by atoms with Gasteiger partial charge in [0, 0.05) is 24.6 Å². The summed E-state index contributed by atoms with van der Waals surface area (Å²) in [5, 5.41) is 15.1. The van der Waals surface area contributed by atoms with Crippen LogP contribution in [0.3, 0.4) is 0 Å². The Bertz CT molecular complexity index is 802. The van der Waals surface area contributed by atoms with Crippen LogP contribution in [0.4, 0.5) is 5.69 Å². The van der Waals surface area contributed by atoms with Crippen LogP contribution in [0.2, 0.25) is 0 Å². The first-order valence-corrected chi connectivity index (χ1v) is 7.16. The average Bonchev–Trinajstić information content (AvgIpc) is 3.04. The number of carbonyl (C=O) groups excluding carboxylic acids is 2. The van der Waals surface area contributed by atoms with Gasteiger partial charge in [0.1, 0.15) is 12.3 Å². The molecule has 0 unspecified atom stereocenters. The molecule has 0 fully saturated rings. The SMILES string of the molecule is Cc1c(C(=O)Nc2cnn(CC(=O)O)c2)oc2c1C(=O)CCC2. The van der Waals surface area contributed by atoms with Crippen molar-refractivity contribution in [1.29, 1.82) is 0 Å². The molecule has 0 aromatic carbocycles. The van der Waals surface area contributed by atoms with Crippen molar-refractivity contribution in [3.8, 4) is 0 Å². The third-order valence-corrected chi connectivity index (χ3v) is 3.70. The highest BCUT2D eigenvalue weighted by molar-refractivity contribution is 6.07. The zero-order chi connectivity index (χ0) is 16.6. The van der Waals surface area contributed by atoms with Gasteiger partial charge in [0.25, 0.3) is 5.91 Å². The van der Waals surface area contributed by atoms with Gasteiger partial charge in [-0.25, -0.2) is 0 Å². The van der Waals surface area contributed by atoms with Gasteiger partial charge in [0.2, 0.25) is 0 Å². The van der Waals surface area contributed by atoms with Crippen molar-refractivity contribution in [2.24, 2.45) is 0 Å². The van der Waals surface area contributed by atoms with Crippen molar-refractivity contribution in [2.75, 3.05) is 5.32 Å². The summed E-state index contributed by atoms with van der Waals surface area (Å²) in [4.78, 5) is 34.9. The lowest BCUT2D eigenvalue weighted by molar-refractivity contribution is -0.137. The molecule has 3 rings (SSSR count). The molecule has 0 saturated carbocycles. The van der Waals surface area contributed by atoms with E-state index in [9.17, 15) is 14.4 Å². The average molecular weight is 317 g/mol. The highest BCUT2D eigenvalue weighted by Gasteiger charge is 2.28. The van der Waals surface area contributed by atoms with E-state index in [-0.39, 0.29) is 18.1 Å². The third kappa shape index (κ3) is 2.87. The number of nitrogens with one attached hydrogen (secondary N) is 1. The highest BCUT2D eigenvalue weighted by Crippen LogP contribution is 2.29. The quantitative estimate of drug-likeness (QED) is 0.886. The number of furan rings is 1. The number of amides is 1. The maximum absolute atomic E-state index is 12.3. The topological polar surface area (TPSA) is 114 Å². The van der Waals surface area contributed by atoms with Gasteiger partial charge in [0.15, 0.2) is 11.5 Å². The van der Waals surface area contributed by atoms with Crippen LogP contribution in [0, 0.1) is 6.92 Å². The third-order valence-electron chi connectivity index (χ3n) is 3.70. The smallest absolute Gasteiger partial charge is 0.325 e. The fraction of sp³-hybridized carbons (Fsp3) is 0.333. The van der Waals surface area contributed by atoms with Crippen molar-refractivity contribution < 1.29 is 23.9 Å². The largest absolute Gasteiger partial charge is 0.480 e. The minimum absolute atomic E-state index is 0.000766. The van der Waals surface area contributed by atoms with Gasteiger partial charge < -0.3 is 14.8 Å². The van der Waals surface area contributed by atoms with Gasteiger partial charge in [-0.15, -0.1) is 0 Å². The predicted molar refractivity (Wildman–Crippen MR) is 78.5 cm³/mol. The number of hydrogen-bond acceptors (Lipinski definition) is 5. The number of anilines is 1. The van der Waals surface area contributed by atoms with Crippen LogP contribution in [0.15, 0.2) is 16.8 Å². The number of carboxylic acids is 1. The molecule has 120 valence electrons. The Kier molecular flexibility index (Phi) is 3.73. The van der Waals surface area contributed by atoms with Crippen LogP contribution in [-0.4, -0.2) is 32.5 Å². The number of aromatic nitrogens is 2. The molecule has 0 bridgehead atoms. The number of aliphatic carboxylic acids is 1. The molecule has 2 N–H and O–H groups in total. The second-order valence-corrected chi connectivity index (χ2v) is 5.41. The molecule has 23 heavy (non-hydrogen) atoms. The van der Waals surface area contributed by atoms with Crippen molar-refractivity contribution in [1.82, 2.24) is 9.78 Å². The molecule has 8 nitrogen and oxygen atoms in total. The van der Waals surface area contributed by atoms with Gasteiger partial charge in [-0.1, -0.05) is 0 Å². The summed E-state index contributed by atoms with van der Waals surface area (Å²) in [6.45, 7) is 1.40. The molecule has 0 radical (unpaired) electrons. The molecule has 1 amide bonds. The Morgan fingerprint density at radius 1 is 1.43 bits per heavy atom. The molecule has 1 aliphatic carbocycles. The molecule has 2 aromatic heterocycles. The molecule has 2 aromatic rings. The molecule has 2 heterocycles. The molecule has 1 aliphatic rings. The zero-order valence-corrected chi connectivity index (χ0v) is 12.5. The number of rotatable bonds is 4. The summed E-state index contributed by atoms with van der Waals surface area (Å²) >= 11 is 0. The lowest BCUT2D eigenvalue weighted by atomic mass is 9.94. The molecule has 0 saturated heterocycles. The van der Waals surface area contributed by atoms with Crippen molar-refractivity contribution in [3.63, 3.8) is 0 Å². The minimum atomic E-state index is -1.03. The second kappa shape index (κ2) is 5.71. The number of carbonyl (C=O) groups is 3. The molecular formula is C15H15N3O5. The Morgan fingerprint density at radius 2 is 2.22 bits per heavy atom. The normalized spacial score (nSPS) is 13.7. The van der Waals surface area contributed by atoms with Gasteiger partial charge in [-0.2, -0.15) is 5.10 Å². The summed E-state index contributed by atoms with van der Waals surface area (Å²) in [7, 11) is 0. The van der Waals surface area contributed by atoms with Crippen molar-refractivity contribution in [3.05, 3.63) is 35.0 Å². The number of aryl methyl sites for hydroxylation is 1. The first-order chi connectivity index (χ1) is 11.0. The Labute approximate surface area is 131 Å². The fourth-order valence-electron chi connectivity index (χ4n) is 2.71. The van der Waals surface area contributed by atoms with E-state index in [2.05, 4.69) is 10.4 Å². The zero-order valence-electron chi connectivity index (χ0n) is 12.5. The number of hydrogen-bond donors (Lipinski definition) is 2. The molecule has 0 atom stereocenters. The van der Waals surface area contributed by atoms with Gasteiger partial charge >= 0.3 is 5.97 Å². The van der Waals surface area contributed by atoms with Crippen LogP contribution in [0.25, 0.3) is 0 Å². The van der Waals surface area contributed by atoms with Crippen LogP contribution in [-0.2, 0) is 17.8 Å². The van der Waals surface area contributed by atoms with E-state index >= 15 is 0 Å². The van der Waals surface area contributed by atoms with Crippen LogP contribution < -0.4 is 5.32 Å². The summed E-state index contributed by atoms with van der Waals surface area (Å²) in [5.74, 6) is -0.846. The predicted octanol–water partition coefficient (Wildman–Crippen LogP) is 1.64. The number of ketones is 1. The number of nitrogens with zero attached hydrogens (tertiary/aromatic N) is 2. The summed E-state index contributed by atoms with van der Waals surface area (Å²) in [5.41, 5.74) is 1.42. The Balaban J connectivity index is 1.80. The monoisotopic (exact) mass is 317 g/mol. The standard InChI is InChI=1S/C15H15N3O5/c1-8-13-10(19)3-2-4-11(13)23-14(8)15(22)17-9-5-16-18(6-9)7-12(20)21/h5-6H,2-4,7H2,1H3,(H,17,22)(H,20,21). The molecular weight excluding hydrogens is 302 g/mol. The van der Waals surface area contributed by atoms with Gasteiger partial charge in [-0.05, 0) is 13.3 Å². The second-order valence-electron chi connectivity index (χ2n) is 5.41. The van der Waals surface area contributed by atoms with E-state index in [0.29, 0.717) is 35.4 Å². The lowest BCUT2D eigenvalue weighted by Gasteiger charge is -2.07. The van der Waals surface area contributed by atoms with Gasteiger partial charge in [-0.3, -0.25) is 19.1 Å². The minimum Gasteiger partial charge on any atom is -0.480 e. The first-order valence-electron chi connectivity index (χ1n) is 7.16. The van der Waals surface area contributed by atoms with E-state index in [1.165, 1.54) is 17.1 Å². The van der Waals surface area contributed by atoms with E-state index < -0.39 is 11.9 Å². The highest BCUT2D eigenvalue weighted by atomic mass is 16.4. The molecule has 0 spiro atoms. The van der Waals surface area contributed by atoms with Crippen molar-refractivity contribution in [2.45, 2.75) is 32.7 Å². The summed E-state index contributed by atoms with van der Waals surface area (Å²) < 4.78 is 6.75.